The summed E-state index contributed by atoms with van der Waals surface area (Å²) in [5.74, 6) is -1.50. The minimum absolute atomic E-state index is 0.239. The lowest BCUT2D eigenvalue weighted by Crippen LogP contribution is -2.46. The molecule has 2 aliphatic heterocycles. The predicted molar refractivity (Wildman–Crippen MR) is 68.7 cm³/mol. The zero-order chi connectivity index (χ0) is 15.0. The Morgan fingerprint density at radius 2 is 1.60 bits per heavy atom. The average molecular weight is 287 g/mol. The van der Waals surface area contributed by atoms with Gasteiger partial charge in [-0.3, -0.25) is 0 Å². The molecule has 2 heterocycles. The lowest BCUT2D eigenvalue weighted by atomic mass is 10.0. The first kappa shape index (κ1) is 15.5. The topological polar surface area (TPSA) is 106 Å². The van der Waals surface area contributed by atoms with Gasteiger partial charge in [0.25, 0.3) is 0 Å². The van der Waals surface area contributed by atoms with Crippen LogP contribution in [0.2, 0.25) is 0 Å². The van der Waals surface area contributed by atoms with Crippen molar-refractivity contribution < 1.29 is 24.1 Å². The Morgan fingerprint density at radius 3 is 2.00 bits per heavy atom. The molecule has 0 saturated carbocycles. The molecular weight excluding hydrogens is 266 g/mol. The Morgan fingerprint density at radius 1 is 1.10 bits per heavy atom. The van der Waals surface area contributed by atoms with E-state index in [4.69, 9.17) is 24.5 Å². The second-order valence-corrected chi connectivity index (χ2v) is 5.92. The van der Waals surface area contributed by atoms with Gasteiger partial charge in [-0.2, -0.15) is 0 Å². The molecule has 4 atom stereocenters. The average Bonchev–Trinajstić information content (AvgIpc) is 2.88. The highest BCUT2D eigenvalue weighted by atomic mass is 16.8. The summed E-state index contributed by atoms with van der Waals surface area (Å²) >= 11 is 0. The van der Waals surface area contributed by atoms with Gasteiger partial charge in [0, 0.05) is 4.91 Å². The zero-order valence-corrected chi connectivity index (χ0v) is 12.1. The van der Waals surface area contributed by atoms with E-state index in [1.165, 1.54) is 0 Å². The first-order valence-corrected chi connectivity index (χ1v) is 6.60. The van der Waals surface area contributed by atoms with Crippen molar-refractivity contribution in [2.75, 3.05) is 13.2 Å². The number of hydrogen-bond acceptors (Lipinski definition) is 6. The third-order valence-corrected chi connectivity index (χ3v) is 3.36. The fraction of sp³-hybridized carbons (Fsp3) is 1.00. The standard InChI is InChI=1S/C12H21N3O5/c1-11(2)17-5-7(19-11)9(14-15-13)10(16)8-6-18-12(3,4)20-8/h7-10,16H,5-6H2,1-4H3/t7-,8-,9+,10-/m1/s1. The van der Waals surface area contributed by atoms with E-state index in [9.17, 15) is 5.11 Å². The molecule has 0 aromatic heterocycles. The molecule has 2 saturated heterocycles. The summed E-state index contributed by atoms with van der Waals surface area (Å²) in [5.41, 5.74) is 8.70. The molecule has 114 valence electrons. The molecule has 1 N–H and O–H groups in total. The second-order valence-electron chi connectivity index (χ2n) is 5.92. The highest BCUT2D eigenvalue weighted by Crippen LogP contribution is 2.31. The van der Waals surface area contributed by atoms with Crippen molar-refractivity contribution in [1.29, 1.82) is 0 Å². The third-order valence-electron chi connectivity index (χ3n) is 3.36. The molecule has 0 amide bonds. The number of nitrogens with zero attached hydrogens (tertiary/aromatic N) is 3. The van der Waals surface area contributed by atoms with Crippen LogP contribution in [0.5, 0.6) is 0 Å². The van der Waals surface area contributed by atoms with Crippen LogP contribution in [0, 0.1) is 0 Å². The van der Waals surface area contributed by atoms with Gasteiger partial charge in [-0.25, -0.2) is 0 Å². The van der Waals surface area contributed by atoms with Gasteiger partial charge < -0.3 is 24.1 Å². The number of ether oxygens (including phenoxy) is 4. The minimum Gasteiger partial charge on any atom is -0.390 e. The fourth-order valence-electron chi connectivity index (χ4n) is 2.41. The van der Waals surface area contributed by atoms with Crippen LogP contribution in [0.1, 0.15) is 27.7 Å². The van der Waals surface area contributed by atoms with E-state index >= 15 is 0 Å². The van der Waals surface area contributed by atoms with Gasteiger partial charge >= 0.3 is 0 Å². The van der Waals surface area contributed by atoms with Crippen molar-refractivity contribution in [3.63, 3.8) is 0 Å². The van der Waals surface area contributed by atoms with Crippen molar-refractivity contribution in [1.82, 2.24) is 0 Å². The summed E-state index contributed by atoms with van der Waals surface area (Å²) in [7, 11) is 0. The van der Waals surface area contributed by atoms with Crippen LogP contribution in [0.15, 0.2) is 5.11 Å². The van der Waals surface area contributed by atoms with Gasteiger partial charge in [-0.05, 0) is 33.2 Å². The minimum atomic E-state index is -1.02. The summed E-state index contributed by atoms with van der Waals surface area (Å²) in [4.78, 5) is 2.79. The monoisotopic (exact) mass is 287 g/mol. The van der Waals surface area contributed by atoms with Crippen LogP contribution in [-0.2, 0) is 18.9 Å². The van der Waals surface area contributed by atoms with Gasteiger partial charge in [0.15, 0.2) is 11.6 Å². The van der Waals surface area contributed by atoms with Crippen LogP contribution < -0.4 is 0 Å². The third kappa shape index (κ3) is 3.41. The van der Waals surface area contributed by atoms with E-state index in [0.717, 1.165) is 0 Å². The molecule has 0 aliphatic carbocycles. The number of aliphatic hydroxyl groups excluding tert-OH is 1. The van der Waals surface area contributed by atoms with Gasteiger partial charge in [0.2, 0.25) is 0 Å². The van der Waals surface area contributed by atoms with E-state index in [1.54, 1.807) is 27.7 Å². The highest BCUT2D eigenvalue weighted by molar-refractivity contribution is 4.93. The molecule has 0 aromatic carbocycles. The molecule has 8 nitrogen and oxygen atoms in total. The van der Waals surface area contributed by atoms with Crippen LogP contribution in [0.4, 0.5) is 0 Å². The summed E-state index contributed by atoms with van der Waals surface area (Å²) in [6, 6.07) is -0.788. The second kappa shape index (κ2) is 5.48. The molecule has 2 aliphatic rings. The highest BCUT2D eigenvalue weighted by Gasteiger charge is 2.45. The first-order valence-electron chi connectivity index (χ1n) is 6.60. The van der Waals surface area contributed by atoms with Crippen molar-refractivity contribution in [3.05, 3.63) is 10.4 Å². The van der Waals surface area contributed by atoms with E-state index < -0.39 is 35.9 Å². The van der Waals surface area contributed by atoms with Gasteiger partial charge in [0.05, 0.1) is 31.5 Å². The zero-order valence-electron chi connectivity index (χ0n) is 12.1. The Bertz CT molecular complexity index is 408. The lowest BCUT2D eigenvalue weighted by Gasteiger charge is -2.28. The van der Waals surface area contributed by atoms with Crippen LogP contribution >= 0.6 is 0 Å². The number of rotatable bonds is 4. The Labute approximate surface area is 117 Å². The molecule has 2 fully saturated rings. The van der Waals surface area contributed by atoms with E-state index in [0.29, 0.717) is 0 Å². The van der Waals surface area contributed by atoms with Crippen molar-refractivity contribution in [3.8, 4) is 0 Å². The van der Waals surface area contributed by atoms with Crippen LogP contribution in [-0.4, -0.2) is 54.2 Å². The maximum absolute atomic E-state index is 10.4. The Balaban J connectivity index is 2.07. The Hall–Kier alpha value is -0.890. The largest absolute Gasteiger partial charge is 0.390 e. The maximum Gasteiger partial charge on any atom is 0.163 e. The number of hydrogen-bond donors (Lipinski definition) is 1. The normalized spacial score (nSPS) is 34.5. The van der Waals surface area contributed by atoms with E-state index in [1.807, 2.05) is 0 Å². The molecule has 0 unspecified atom stereocenters. The summed E-state index contributed by atoms with van der Waals surface area (Å²) in [6.07, 6.45) is -2.09. The van der Waals surface area contributed by atoms with E-state index in [-0.39, 0.29) is 13.2 Å². The SMILES string of the molecule is CC1(C)OC[C@H]([C@@H](O)[C@@H](N=[N+]=[N-])[C@H]2COC(C)(C)O2)O1. The van der Waals surface area contributed by atoms with Gasteiger partial charge in [-0.15, -0.1) is 0 Å². The van der Waals surface area contributed by atoms with Gasteiger partial charge in [0.1, 0.15) is 6.10 Å². The number of azide groups is 1. The first-order chi connectivity index (χ1) is 9.24. The Kier molecular flexibility index (Phi) is 4.24. The maximum atomic E-state index is 10.4. The quantitative estimate of drug-likeness (QED) is 0.477. The lowest BCUT2D eigenvalue weighted by molar-refractivity contribution is -0.163. The molecule has 20 heavy (non-hydrogen) atoms. The molecule has 0 aromatic rings. The van der Waals surface area contributed by atoms with Crippen LogP contribution in [0.3, 0.4) is 0 Å². The predicted octanol–water partition coefficient (Wildman–Crippen LogP) is 1.33. The summed E-state index contributed by atoms with van der Waals surface area (Å²) in [5, 5.41) is 14.1. The van der Waals surface area contributed by atoms with Crippen molar-refractivity contribution in [2.45, 2.75) is 63.6 Å². The van der Waals surface area contributed by atoms with Crippen molar-refractivity contribution >= 4 is 0 Å². The van der Waals surface area contributed by atoms with Crippen LogP contribution in [0.25, 0.3) is 10.4 Å². The smallest absolute Gasteiger partial charge is 0.163 e. The van der Waals surface area contributed by atoms with Crippen molar-refractivity contribution in [2.24, 2.45) is 5.11 Å². The number of aliphatic hydroxyl groups is 1. The summed E-state index contributed by atoms with van der Waals surface area (Å²) < 4.78 is 22.1. The fourth-order valence-corrected chi connectivity index (χ4v) is 2.41. The van der Waals surface area contributed by atoms with Gasteiger partial charge in [-0.1, -0.05) is 5.11 Å². The molecule has 2 rings (SSSR count). The molecule has 0 bridgehead atoms. The molecule has 0 radical (unpaired) electrons. The summed E-state index contributed by atoms with van der Waals surface area (Å²) in [6.45, 7) is 7.56. The molecule has 0 spiro atoms. The van der Waals surface area contributed by atoms with E-state index in [2.05, 4.69) is 10.0 Å². The molecular formula is C12H21N3O5. The molecule has 8 heteroatoms.